The van der Waals surface area contributed by atoms with Crippen LogP contribution in [0.2, 0.25) is 0 Å². The molecule has 6 rings (SSSR count). The zero-order valence-corrected chi connectivity index (χ0v) is 23.2. The Kier molecular flexibility index (Phi) is 7.84. The first kappa shape index (κ1) is 27.2. The normalized spacial score (nSPS) is 16.7. The zero-order valence-electron chi connectivity index (χ0n) is 23.2. The third kappa shape index (κ3) is 5.89. The van der Waals surface area contributed by atoms with E-state index in [1.165, 1.54) is 12.5 Å². The summed E-state index contributed by atoms with van der Waals surface area (Å²) in [5.41, 5.74) is 3.27. The molecule has 2 aliphatic heterocycles. The molecule has 2 aliphatic rings. The number of benzene rings is 1. The minimum atomic E-state index is -0.444. The van der Waals surface area contributed by atoms with Gasteiger partial charge in [-0.3, -0.25) is 9.69 Å². The number of H-pyrrole nitrogens is 1. The molecule has 0 radical (unpaired) electrons. The van der Waals surface area contributed by atoms with Crippen LogP contribution in [-0.4, -0.2) is 64.4 Å². The van der Waals surface area contributed by atoms with Crippen LogP contribution >= 0.6 is 0 Å². The zero-order chi connectivity index (χ0) is 28.3. The van der Waals surface area contributed by atoms with Crippen molar-refractivity contribution in [1.29, 1.82) is 0 Å². The Morgan fingerprint density at radius 3 is 2.63 bits per heavy atom. The van der Waals surface area contributed by atoms with Crippen molar-refractivity contribution in [2.45, 2.75) is 44.8 Å². The quantitative estimate of drug-likeness (QED) is 0.296. The smallest absolute Gasteiger partial charge is 0.259 e. The number of fused-ring (bicyclic) bond motifs is 1. The van der Waals surface area contributed by atoms with Crippen molar-refractivity contribution in [2.75, 3.05) is 43.5 Å². The number of aromatic amines is 1. The molecular weight excluding hydrogens is 523 g/mol. The first-order chi connectivity index (χ1) is 20.0. The summed E-state index contributed by atoms with van der Waals surface area (Å²) < 4.78 is 21.0. The fourth-order valence-corrected chi connectivity index (χ4v) is 5.81. The average Bonchev–Trinajstić information content (AvgIpc) is 2.99. The van der Waals surface area contributed by atoms with Gasteiger partial charge in [-0.15, -0.1) is 0 Å². The number of piperidine rings is 2. The third-order valence-electron chi connectivity index (χ3n) is 8.06. The van der Waals surface area contributed by atoms with Crippen molar-refractivity contribution in [1.82, 2.24) is 19.9 Å². The molecule has 0 saturated carbocycles. The van der Waals surface area contributed by atoms with E-state index in [2.05, 4.69) is 25.1 Å². The van der Waals surface area contributed by atoms with E-state index in [4.69, 9.17) is 9.72 Å². The lowest BCUT2D eigenvalue weighted by Crippen LogP contribution is -2.35. The lowest BCUT2D eigenvalue weighted by atomic mass is 10.0. The van der Waals surface area contributed by atoms with Crippen molar-refractivity contribution in [3.63, 3.8) is 0 Å². The molecule has 0 bridgehead atoms. The Bertz CT molecular complexity index is 1580. The molecule has 41 heavy (non-hydrogen) atoms. The van der Waals surface area contributed by atoms with Crippen molar-refractivity contribution >= 4 is 28.1 Å². The van der Waals surface area contributed by atoms with Crippen LogP contribution in [0.4, 0.5) is 21.6 Å². The Labute approximate surface area is 238 Å². The van der Waals surface area contributed by atoms with Gasteiger partial charge in [0, 0.05) is 43.0 Å². The molecule has 10 heteroatoms. The summed E-state index contributed by atoms with van der Waals surface area (Å²) in [6.45, 7) is 4.23. The topological polar surface area (TPSA) is 107 Å². The first-order valence-electron chi connectivity index (χ1n) is 14.3. The van der Waals surface area contributed by atoms with Gasteiger partial charge in [-0.1, -0.05) is 6.42 Å². The van der Waals surface area contributed by atoms with E-state index in [0.29, 0.717) is 46.0 Å². The third-order valence-corrected chi connectivity index (χ3v) is 8.06. The fourth-order valence-electron chi connectivity index (χ4n) is 5.81. The van der Waals surface area contributed by atoms with Gasteiger partial charge >= 0.3 is 0 Å². The number of aliphatic hydroxyl groups is 1. The van der Waals surface area contributed by atoms with Gasteiger partial charge in [0.05, 0.1) is 47.4 Å². The highest BCUT2D eigenvalue weighted by molar-refractivity contribution is 5.94. The fraction of sp³-hybridized carbons (Fsp3) is 0.387. The summed E-state index contributed by atoms with van der Waals surface area (Å²) in [6, 6.07) is 10.5. The second-order valence-electron chi connectivity index (χ2n) is 10.8. The minimum Gasteiger partial charge on any atom is -0.496 e. The predicted octanol–water partition coefficient (Wildman–Crippen LogP) is 4.82. The Morgan fingerprint density at radius 2 is 1.90 bits per heavy atom. The average molecular weight is 559 g/mol. The summed E-state index contributed by atoms with van der Waals surface area (Å²) in [6.07, 6.45) is 8.09. The standard InChI is InChI=1S/C31H35FN6O3/c1-41-28-16-24(32)23(15-20(28)19-37-11-3-2-4-12-37)26-17-27(30-25(35-26)7-10-33-31(30)40)36-29-6-5-21(18-34-29)38-13-8-22(39)9-14-38/h5-7,10,15-18,22,39H,2-4,8-9,11-14,19H2,1H3,(H,33,40)(H,34,35,36). The second kappa shape index (κ2) is 11.8. The van der Waals surface area contributed by atoms with E-state index in [1.807, 2.05) is 18.2 Å². The van der Waals surface area contributed by atoms with E-state index in [1.54, 1.807) is 31.6 Å². The number of aliphatic hydroxyl groups excluding tert-OH is 1. The number of halogens is 1. The van der Waals surface area contributed by atoms with Crippen LogP contribution in [0.5, 0.6) is 5.75 Å². The molecule has 1 aromatic carbocycles. The monoisotopic (exact) mass is 558 g/mol. The van der Waals surface area contributed by atoms with Crippen LogP contribution < -0.4 is 20.5 Å². The molecule has 4 aromatic rings. The Morgan fingerprint density at radius 1 is 1.10 bits per heavy atom. The molecule has 3 aromatic heterocycles. The highest BCUT2D eigenvalue weighted by Crippen LogP contribution is 2.34. The van der Waals surface area contributed by atoms with E-state index in [9.17, 15) is 9.90 Å². The largest absolute Gasteiger partial charge is 0.496 e. The predicted molar refractivity (Wildman–Crippen MR) is 158 cm³/mol. The summed E-state index contributed by atoms with van der Waals surface area (Å²) >= 11 is 0. The highest BCUT2D eigenvalue weighted by Gasteiger charge is 2.20. The van der Waals surface area contributed by atoms with Gasteiger partial charge in [0.2, 0.25) is 0 Å². The van der Waals surface area contributed by atoms with Gasteiger partial charge in [-0.25, -0.2) is 14.4 Å². The van der Waals surface area contributed by atoms with Gasteiger partial charge in [-0.2, -0.15) is 0 Å². The Hall–Kier alpha value is -4.02. The number of anilines is 3. The van der Waals surface area contributed by atoms with Gasteiger partial charge in [0.15, 0.2) is 0 Å². The Balaban J connectivity index is 1.35. The number of ether oxygens (including phenoxy) is 1. The van der Waals surface area contributed by atoms with Crippen molar-refractivity contribution < 1.29 is 14.2 Å². The van der Waals surface area contributed by atoms with Crippen LogP contribution in [-0.2, 0) is 6.54 Å². The molecule has 214 valence electrons. The van der Waals surface area contributed by atoms with E-state index in [0.717, 1.165) is 63.1 Å². The lowest BCUT2D eigenvalue weighted by Gasteiger charge is -2.31. The maximum atomic E-state index is 15.5. The maximum absolute atomic E-state index is 15.5. The van der Waals surface area contributed by atoms with Crippen LogP contribution in [0.3, 0.4) is 0 Å². The van der Waals surface area contributed by atoms with E-state index < -0.39 is 5.82 Å². The van der Waals surface area contributed by atoms with Crippen molar-refractivity contribution in [2.24, 2.45) is 0 Å². The number of nitrogens with zero attached hydrogens (tertiary/aromatic N) is 4. The summed E-state index contributed by atoms with van der Waals surface area (Å²) in [5, 5.41) is 13.5. The maximum Gasteiger partial charge on any atom is 0.259 e. The number of hydrogen-bond donors (Lipinski definition) is 3. The number of hydrogen-bond acceptors (Lipinski definition) is 8. The number of pyridine rings is 3. The molecular formula is C31H35FN6O3. The summed E-state index contributed by atoms with van der Waals surface area (Å²) in [4.78, 5) is 29.4. The number of likely N-dealkylation sites (tertiary alicyclic amines) is 1. The van der Waals surface area contributed by atoms with Gasteiger partial charge in [-0.05, 0) is 69.1 Å². The van der Waals surface area contributed by atoms with Gasteiger partial charge < -0.3 is 25.0 Å². The molecule has 0 unspecified atom stereocenters. The molecule has 9 nitrogen and oxygen atoms in total. The molecule has 2 saturated heterocycles. The number of aromatic nitrogens is 3. The molecule has 0 atom stereocenters. The van der Waals surface area contributed by atoms with Crippen molar-refractivity contribution in [3.05, 3.63) is 70.5 Å². The van der Waals surface area contributed by atoms with Crippen LogP contribution in [0.1, 0.15) is 37.7 Å². The van der Waals surface area contributed by atoms with E-state index >= 15 is 4.39 Å². The van der Waals surface area contributed by atoms with E-state index in [-0.39, 0.29) is 11.7 Å². The molecule has 2 fully saturated rings. The van der Waals surface area contributed by atoms with Crippen LogP contribution in [0.15, 0.2) is 53.6 Å². The van der Waals surface area contributed by atoms with Crippen LogP contribution in [0, 0.1) is 5.82 Å². The second-order valence-corrected chi connectivity index (χ2v) is 10.8. The number of nitrogens with one attached hydrogen (secondary N) is 2. The highest BCUT2D eigenvalue weighted by atomic mass is 19.1. The molecule has 5 heterocycles. The SMILES string of the molecule is COc1cc(F)c(-c2cc(Nc3ccc(N4CCC(O)CC4)cn3)c3c(=O)[nH]ccc3n2)cc1CN1CCCCC1. The van der Waals surface area contributed by atoms with Crippen molar-refractivity contribution in [3.8, 4) is 17.0 Å². The molecule has 3 N–H and O–H groups in total. The summed E-state index contributed by atoms with van der Waals surface area (Å²) in [5.74, 6) is 0.620. The molecule has 0 amide bonds. The van der Waals surface area contributed by atoms with Crippen LogP contribution in [0.25, 0.3) is 22.2 Å². The number of methoxy groups -OCH3 is 1. The van der Waals surface area contributed by atoms with Gasteiger partial charge in [0.25, 0.3) is 5.56 Å². The number of rotatable bonds is 7. The molecule has 0 spiro atoms. The molecule has 0 aliphatic carbocycles. The minimum absolute atomic E-state index is 0.246. The summed E-state index contributed by atoms with van der Waals surface area (Å²) in [7, 11) is 1.56. The lowest BCUT2D eigenvalue weighted by molar-refractivity contribution is 0.145. The first-order valence-corrected chi connectivity index (χ1v) is 14.3. The van der Waals surface area contributed by atoms with Gasteiger partial charge in [0.1, 0.15) is 17.4 Å².